The fraction of sp³-hybridized carbons (Fsp3) is 0.179. The molecule has 0 unspecified atom stereocenters. The Morgan fingerprint density at radius 3 is 1.67 bits per heavy atom. The third-order valence-electron chi connectivity index (χ3n) is 6.31. The van der Waals surface area contributed by atoms with Gasteiger partial charge in [0.05, 0.1) is 23.2 Å². The molecule has 4 rings (SSSR count). The molecule has 2 atom stereocenters. The minimum absolute atomic E-state index is 0.0105. The number of carbonyl (C=O) groups excluding carboxylic acids is 3. The first-order valence-corrected chi connectivity index (χ1v) is 12.6. The number of ketones is 1. The Labute approximate surface area is 250 Å². The zero-order valence-electron chi connectivity index (χ0n) is 22.6. The number of rotatable bonds is 7. The van der Waals surface area contributed by atoms with E-state index in [-0.39, 0.29) is 11.3 Å². The molecule has 238 valence electrons. The number of phenols is 4. The van der Waals surface area contributed by atoms with Crippen LogP contribution in [0.2, 0.25) is 0 Å². The summed E-state index contributed by atoms with van der Waals surface area (Å²) in [6.07, 6.45) is -5.08. The minimum Gasteiger partial charge on any atom is -0.508 e. The fourth-order valence-corrected chi connectivity index (χ4v) is 4.16. The number of aromatic carboxylic acids is 1. The van der Waals surface area contributed by atoms with E-state index in [1.54, 1.807) is 0 Å². The van der Waals surface area contributed by atoms with Crippen LogP contribution in [0.5, 0.6) is 23.0 Å². The molecule has 0 bridgehead atoms. The predicted molar refractivity (Wildman–Crippen MR) is 145 cm³/mol. The summed E-state index contributed by atoms with van der Waals surface area (Å²) in [5.74, 6) is -8.81. The Hall–Kier alpha value is -5.84. The number of amides is 2. The van der Waals surface area contributed by atoms with E-state index in [1.165, 1.54) is 30.3 Å². The molecule has 2 amide bonds. The van der Waals surface area contributed by atoms with Gasteiger partial charge in [0.1, 0.15) is 28.6 Å². The van der Waals surface area contributed by atoms with Gasteiger partial charge in [-0.15, -0.1) is 0 Å². The minimum atomic E-state index is -5.08. The largest absolute Gasteiger partial charge is 0.508 e. The van der Waals surface area contributed by atoms with Gasteiger partial charge in [0.25, 0.3) is 11.8 Å². The Morgan fingerprint density at radius 1 is 0.711 bits per heavy atom. The van der Waals surface area contributed by atoms with Gasteiger partial charge in [0.2, 0.25) is 5.78 Å². The normalized spacial score (nSPS) is 15.7. The lowest BCUT2D eigenvalue weighted by Gasteiger charge is -2.21. The van der Waals surface area contributed by atoms with Crippen LogP contribution in [0.4, 0.5) is 13.2 Å². The van der Waals surface area contributed by atoms with Crippen molar-refractivity contribution in [3.05, 3.63) is 82.4 Å². The molecule has 45 heavy (non-hydrogen) atoms. The number of carboxylic acids is 2. The van der Waals surface area contributed by atoms with E-state index >= 15 is 0 Å². The summed E-state index contributed by atoms with van der Waals surface area (Å²) >= 11 is 0. The van der Waals surface area contributed by atoms with Crippen LogP contribution in [0.25, 0.3) is 0 Å². The number of benzene rings is 3. The molecule has 0 radical (unpaired) electrons. The number of aromatic hydroxyl groups is 4. The van der Waals surface area contributed by atoms with Gasteiger partial charge in [-0.2, -0.15) is 13.2 Å². The van der Waals surface area contributed by atoms with Crippen molar-refractivity contribution in [1.29, 1.82) is 0 Å². The molecule has 0 saturated carbocycles. The molecule has 1 heterocycles. The highest BCUT2D eigenvalue weighted by Crippen LogP contribution is 2.34. The third-order valence-corrected chi connectivity index (χ3v) is 6.31. The number of hydrogen-bond acceptors (Lipinski definition) is 10. The zero-order valence-corrected chi connectivity index (χ0v) is 22.6. The Morgan fingerprint density at radius 2 is 1.20 bits per heavy atom. The van der Waals surface area contributed by atoms with Gasteiger partial charge in [-0.05, 0) is 48.5 Å². The Balaban J connectivity index is 0.000000707. The second-order valence-corrected chi connectivity index (χ2v) is 9.39. The molecule has 1 fully saturated rings. The molecule has 0 aliphatic carbocycles. The summed E-state index contributed by atoms with van der Waals surface area (Å²) < 4.78 is 31.7. The number of phenolic OH excluding ortho intramolecular Hbond substituents is 4. The Kier molecular flexibility index (Phi) is 10.2. The number of halogens is 3. The highest BCUT2D eigenvalue weighted by Gasteiger charge is 2.38. The van der Waals surface area contributed by atoms with Crippen molar-refractivity contribution in [3.63, 3.8) is 0 Å². The van der Waals surface area contributed by atoms with Gasteiger partial charge in [-0.1, -0.05) is 6.07 Å². The molecule has 3 aromatic rings. The summed E-state index contributed by atoms with van der Waals surface area (Å²) in [5, 5.41) is 65.4. The molecular formula is C28H24F3N3O11. The first-order valence-electron chi connectivity index (χ1n) is 12.6. The van der Waals surface area contributed by atoms with Crippen molar-refractivity contribution < 1.29 is 67.8 Å². The lowest BCUT2D eigenvalue weighted by atomic mass is 9.95. The molecule has 9 N–H and O–H groups in total. The maximum absolute atomic E-state index is 13.0. The van der Waals surface area contributed by atoms with E-state index in [4.69, 9.17) is 9.90 Å². The van der Waals surface area contributed by atoms with Crippen molar-refractivity contribution >= 4 is 29.5 Å². The fourth-order valence-electron chi connectivity index (χ4n) is 4.16. The lowest BCUT2D eigenvalue weighted by molar-refractivity contribution is -0.192. The number of alkyl halides is 3. The van der Waals surface area contributed by atoms with Crippen molar-refractivity contribution in [2.24, 2.45) is 0 Å². The molecule has 1 aliphatic rings. The summed E-state index contributed by atoms with van der Waals surface area (Å²) in [7, 11) is 0. The Bertz CT molecular complexity index is 1620. The van der Waals surface area contributed by atoms with Crippen LogP contribution in [-0.2, 0) is 4.79 Å². The van der Waals surface area contributed by atoms with E-state index in [1.807, 2.05) is 0 Å². The monoisotopic (exact) mass is 635 g/mol. The summed E-state index contributed by atoms with van der Waals surface area (Å²) in [4.78, 5) is 58.8. The first kappa shape index (κ1) is 33.7. The lowest BCUT2D eigenvalue weighted by Crippen LogP contribution is -2.51. The molecule has 17 heteroatoms. The second-order valence-electron chi connectivity index (χ2n) is 9.39. The molecule has 0 spiro atoms. The third kappa shape index (κ3) is 8.17. The number of carboxylic acid groups (broad SMARTS) is 2. The summed E-state index contributed by atoms with van der Waals surface area (Å²) in [6.45, 7) is 0.664. The summed E-state index contributed by atoms with van der Waals surface area (Å²) in [5.41, 5.74) is -1.75. The van der Waals surface area contributed by atoms with Crippen LogP contribution in [0, 0.1) is 0 Å². The second kappa shape index (κ2) is 13.6. The first-order chi connectivity index (χ1) is 21.0. The molecule has 14 nitrogen and oxygen atoms in total. The molecule has 1 aliphatic heterocycles. The highest BCUT2D eigenvalue weighted by molar-refractivity contribution is 6.18. The van der Waals surface area contributed by atoms with Crippen LogP contribution in [0.3, 0.4) is 0 Å². The van der Waals surface area contributed by atoms with Gasteiger partial charge >= 0.3 is 18.1 Å². The quantitative estimate of drug-likeness (QED) is 0.168. The van der Waals surface area contributed by atoms with Gasteiger partial charge in [-0.25, -0.2) is 9.59 Å². The number of carbonyl (C=O) groups is 5. The van der Waals surface area contributed by atoms with Crippen LogP contribution in [0.15, 0.2) is 54.6 Å². The maximum Gasteiger partial charge on any atom is 0.490 e. The average molecular weight is 636 g/mol. The van der Waals surface area contributed by atoms with Crippen molar-refractivity contribution in [1.82, 2.24) is 16.0 Å². The van der Waals surface area contributed by atoms with E-state index in [9.17, 15) is 57.9 Å². The maximum atomic E-state index is 13.0. The van der Waals surface area contributed by atoms with Crippen LogP contribution in [0.1, 0.15) is 47.0 Å². The van der Waals surface area contributed by atoms with Gasteiger partial charge in [0, 0.05) is 24.2 Å². The van der Waals surface area contributed by atoms with Gasteiger partial charge < -0.3 is 46.6 Å². The van der Waals surface area contributed by atoms with E-state index < -0.39 is 81.7 Å². The molecule has 1 saturated heterocycles. The standard InChI is InChI=1S/C26H23N3O9.C2HF3O2/c30-14-6-4-12(5-7-14)24(35)28-16-10-27-11-17(16)29-25(36)13-8-19(32)22(20(33)9-13)23(34)21-15(26(37)38)2-1-3-18(21)31;3-2(4,5)1(6)7/h1-9,16-17,27,30-33H,10-11H2,(H,28,35)(H,29,36)(H,37,38);(H,6,7)/t16-,17-;/m1./s1. The smallest absolute Gasteiger partial charge is 0.490 e. The number of hydrogen-bond donors (Lipinski definition) is 9. The average Bonchev–Trinajstić information content (AvgIpc) is 3.38. The van der Waals surface area contributed by atoms with E-state index in [0.29, 0.717) is 18.7 Å². The molecule has 3 aromatic carbocycles. The highest BCUT2D eigenvalue weighted by atomic mass is 19.4. The number of nitrogens with one attached hydrogen (secondary N) is 3. The molecular weight excluding hydrogens is 611 g/mol. The predicted octanol–water partition coefficient (Wildman–Crippen LogP) is 1.57. The van der Waals surface area contributed by atoms with Crippen molar-refractivity contribution in [2.75, 3.05) is 13.1 Å². The van der Waals surface area contributed by atoms with Crippen LogP contribution >= 0.6 is 0 Å². The SMILES string of the molecule is O=C(N[C@@H]1CNC[C@H]1NC(=O)c1cc(O)c(C(=O)c2c(O)cccc2C(=O)O)c(O)c1)c1ccc(O)cc1.O=C(O)C(F)(F)F. The van der Waals surface area contributed by atoms with Crippen LogP contribution < -0.4 is 16.0 Å². The van der Waals surface area contributed by atoms with Gasteiger partial charge in [0.15, 0.2) is 0 Å². The van der Waals surface area contributed by atoms with E-state index in [2.05, 4.69) is 16.0 Å². The topological polar surface area (TPSA) is 243 Å². The van der Waals surface area contributed by atoms with Crippen LogP contribution in [-0.4, -0.2) is 91.5 Å². The van der Waals surface area contributed by atoms with Gasteiger partial charge in [-0.3, -0.25) is 14.4 Å². The zero-order chi connectivity index (χ0) is 33.6. The van der Waals surface area contributed by atoms with Crippen molar-refractivity contribution in [2.45, 2.75) is 18.3 Å². The van der Waals surface area contributed by atoms with E-state index in [0.717, 1.165) is 24.3 Å². The van der Waals surface area contributed by atoms with Crippen molar-refractivity contribution in [3.8, 4) is 23.0 Å². The molecule has 0 aromatic heterocycles. The number of aliphatic carboxylic acids is 1. The summed E-state index contributed by atoms with van der Waals surface area (Å²) in [6, 6.07) is 9.82.